The molecule has 0 aliphatic rings. The highest BCUT2D eigenvalue weighted by atomic mass is 79.9. The first-order valence-electron chi connectivity index (χ1n) is 12.6. The number of amides is 1. The number of aromatic nitrogens is 2. The van der Waals surface area contributed by atoms with Gasteiger partial charge in [-0.05, 0) is 32.6 Å². The molecule has 40 heavy (non-hydrogen) atoms. The van der Waals surface area contributed by atoms with E-state index in [1.165, 1.54) is 12.3 Å². The zero-order valence-corrected chi connectivity index (χ0v) is 22.9. The molecule has 1 amide bonds. The molecular formula is C31H26BrN3O5. The van der Waals surface area contributed by atoms with Crippen LogP contribution in [0.25, 0.3) is 11.6 Å². The molecule has 9 heteroatoms. The first-order chi connectivity index (χ1) is 19.5. The molecule has 0 radical (unpaired) electrons. The molecule has 0 saturated heterocycles. The van der Waals surface area contributed by atoms with Crippen LogP contribution in [0, 0.1) is 0 Å². The quantitative estimate of drug-likeness (QED) is 0.206. The molecule has 5 aromatic rings. The lowest BCUT2D eigenvalue weighted by Gasteiger charge is -2.28. The lowest BCUT2D eigenvalue weighted by Crippen LogP contribution is -2.33. The first kappa shape index (κ1) is 27.0. The molecule has 8 nitrogen and oxygen atoms in total. The minimum atomic E-state index is -0.905. The summed E-state index contributed by atoms with van der Waals surface area (Å²) in [5.74, 6) is 0.155. The highest BCUT2D eigenvalue weighted by Gasteiger charge is 2.31. The summed E-state index contributed by atoms with van der Waals surface area (Å²) in [7, 11) is 0. The van der Waals surface area contributed by atoms with Crippen LogP contribution in [0.4, 0.5) is 4.79 Å². The van der Waals surface area contributed by atoms with Crippen molar-refractivity contribution in [2.75, 3.05) is 0 Å². The fraction of sp³-hybridized carbons (Fsp3) is 0.129. The number of benzene rings is 3. The Morgan fingerprint density at radius 1 is 0.925 bits per heavy atom. The Balaban J connectivity index is 1.55. The molecule has 0 fully saturated rings. The van der Waals surface area contributed by atoms with Gasteiger partial charge in [0.15, 0.2) is 5.82 Å². The highest BCUT2D eigenvalue weighted by molar-refractivity contribution is 9.10. The fourth-order valence-electron chi connectivity index (χ4n) is 4.62. The maximum atomic E-state index is 12.9. The van der Waals surface area contributed by atoms with Crippen LogP contribution in [0.3, 0.4) is 0 Å². The third kappa shape index (κ3) is 6.16. The van der Waals surface area contributed by atoms with Crippen molar-refractivity contribution in [2.24, 2.45) is 5.73 Å². The topological polar surface area (TPSA) is 110 Å². The number of hydrogen-bond donors (Lipinski definition) is 1. The van der Waals surface area contributed by atoms with E-state index in [0.717, 1.165) is 16.7 Å². The Morgan fingerprint density at radius 2 is 1.52 bits per heavy atom. The highest BCUT2D eigenvalue weighted by Crippen LogP contribution is 2.34. The number of nitrogens with two attached hydrogens (primary N) is 1. The molecule has 1 atom stereocenters. The number of imidazole rings is 1. The van der Waals surface area contributed by atoms with Crippen LogP contribution in [-0.2, 0) is 17.9 Å². The van der Waals surface area contributed by atoms with Gasteiger partial charge < -0.3 is 24.2 Å². The van der Waals surface area contributed by atoms with Gasteiger partial charge in [-0.2, -0.15) is 0 Å². The van der Waals surface area contributed by atoms with Crippen molar-refractivity contribution in [1.29, 1.82) is 0 Å². The van der Waals surface area contributed by atoms with Crippen LogP contribution in [-0.4, -0.2) is 21.7 Å². The Morgan fingerprint density at radius 3 is 2.12 bits per heavy atom. The SMILES string of the molecule is NC(=O)OC(Cn1c(Br)cnc1-c1occc(=O)c1OCc1ccccc1)C(c1ccccc1)c1ccccc1. The van der Waals surface area contributed by atoms with Crippen molar-refractivity contribution in [2.45, 2.75) is 25.2 Å². The summed E-state index contributed by atoms with van der Waals surface area (Å²) in [5, 5.41) is 0. The molecule has 202 valence electrons. The van der Waals surface area contributed by atoms with Gasteiger partial charge in [-0.15, -0.1) is 0 Å². The summed E-state index contributed by atoms with van der Waals surface area (Å²) in [6, 6.07) is 30.3. The van der Waals surface area contributed by atoms with E-state index < -0.39 is 12.2 Å². The molecular weight excluding hydrogens is 574 g/mol. The van der Waals surface area contributed by atoms with Crippen molar-refractivity contribution in [1.82, 2.24) is 9.55 Å². The smallest absolute Gasteiger partial charge is 0.404 e. The van der Waals surface area contributed by atoms with E-state index in [0.29, 0.717) is 10.4 Å². The summed E-state index contributed by atoms with van der Waals surface area (Å²) in [5.41, 5.74) is 7.99. The maximum Gasteiger partial charge on any atom is 0.404 e. The fourth-order valence-corrected chi connectivity index (χ4v) is 5.03. The molecule has 2 aromatic heterocycles. The van der Waals surface area contributed by atoms with Crippen molar-refractivity contribution in [3.63, 3.8) is 0 Å². The second-order valence-electron chi connectivity index (χ2n) is 9.01. The third-order valence-corrected chi connectivity index (χ3v) is 7.02. The summed E-state index contributed by atoms with van der Waals surface area (Å²) in [6.45, 7) is 0.312. The zero-order chi connectivity index (χ0) is 27.9. The molecule has 3 aromatic carbocycles. The van der Waals surface area contributed by atoms with Crippen LogP contribution >= 0.6 is 15.9 Å². The van der Waals surface area contributed by atoms with E-state index >= 15 is 0 Å². The second-order valence-corrected chi connectivity index (χ2v) is 9.82. The number of ether oxygens (including phenoxy) is 2. The molecule has 0 bridgehead atoms. The minimum absolute atomic E-state index is 0.0285. The Hall–Kier alpha value is -4.63. The molecule has 2 N–H and O–H groups in total. The average Bonchev–Trinajstić information content (AvgIpc) is 3.33. The average molecular weight is 600 g/mol. The Bertz CT molecular complexity index is 1580. The third-order valence-electron chi connectivity index (χ3n) is 6.39. The predicted octanol–water partition coefficient (Wildman–Crippen LogP) is 6.14. The van der Waals surface area contributed by atoms with Crippen molar-refractivity contribution in [3.05, 3.63) is 141 Å². The van der Waals surface area contributed by atoms with Gasteiger partial charge in [0, 0.05) is 12.0 Å². The number of rotatable bonds is 10. The number of primary amides is 1. The second kappa shape index (κ2) is 12.5. The van der Waals surface area contributed by atoms with Gasteiger partial charge in [-0.25, -0.2) is 9.78 Å². The maximum absolute atomic E-state index is 12.9. The number of nitrogens with zero attached hydrogens (tertiary/aromatic N) is 2. The van der Waals surface area contributed by atoms with Gasteiger partial charge >= 0.3 is 6.09 Å². The lowest BCUT2D eigenvalue weighted by molar-refractivity contribution is 0.0854. The van der Waals surface area contributed by atoms with Gasteiger partial charge in [0.1, 0.15) is 17.3 Å². The van der Waals surface area contributed by atoms with Crippen LogP contribution in [0.5, 0.6) is 5.75 Å². The molecule has 0 aliphatic carbocycles. The Kier molecular flexibility index (Phi) is 8.41. The standard InChI is InChI=1S/C31H26BrN3O5/c32-26-18-34-30(29-28(24(36)16-17-38-29)39-20-21-10-4-1-5-11-21)35(26)19-25(40-31(33)37)27(22-12-6-2-7-13-22)23-14-8-3-9-15-23/h1-18,25,27H,19-20H2,(H2,33,37). The largest absolute Gasteiger partial charge is 0.481 e. The molecule has 0 saturated carbocycles. The van der Waals surface area contributed by atoms with Crippen LogP contribution in [0.15, 0.2) is 123 Å². The van der Waals surface area contributed by atoms with E-state index in [1.54, 1.807) is 10.8 Å². The zero-order valence-electron chi connectivity index (χ0n) is 21.4. The van der Waals surface area contributed by atoms with Gasteiger partial charge in [0.05, 0.1) is 19.0 Å². The van der Waals surface area contributed by atoms with Crippen molar-refractivity contribution >= 4 is 22.0 Å². The normalized spacial score (nSPS) is 11.8. The summed E-state index contributed by atoms with van der Waals surface area (Å²) >= 11 is 3.56. The number of carbonyl (C=O) groups excluding carboxylic acids is 1. The van der Waals surface area contributed by atoms with E-state index in [9.17, 15) is 9.59 Å². The number of carbonyl (C=O) groups is 1. The summed E-state index contributed by atoms with van der Waals surface area (Å²) < 4.78 is 19.8. The summed E-state index contributed by atoms with van der Waals surface area (Å²) in [4.78, 5) is 29.5. The molecule has 0 aliphatic heterocycles. The van der Waals surface area contributed by atoms with E-state index in [4.69, 9.17) is 19.6 Å². The van der Waals surface area contributed by atoms with Crippen molar-refractivity contribution < 1.29 is 18.7 Å². The monoisotopic (exact) mass is 599 g/mol. The van der Waals surface area contributed by atoms with E-state index in [1.807, 2.05) is 91.0 Å². The van der Waals surface area contributed by atoms with Gasteiger partial charge in [-0.3, -0.25) is 4.79 Å². The molecule has 0 spiro atoms. The molecule has 1 unspecified atom stereocenters. The first-order valence-corrected chi connectivity index (χ1v) is 13.4. The van der Waals surface area contributed by atoms with Gasteiger partial charge in [0.2, 0.25) is 16.9 Å². The number of halogens is 1. The predicted molar refractivity (Wildman–Crippen MR) is 154 cm³/mol. The Labute approximate surface area is 239 Å². The summed E-state index contributed by atoms with van der Waals surface area (Å²) in [6.07, 6.45) is 1.24. The number of hydrogen-bond acceptors (Lipinski definition) is 6. The van der Waals surface area contributed by atoms with Crippen LogP contribution < -0.4 is 15.9 Å². The lowest BCUT2D eigenvalue weighted by atomic mass is 9.86. The van der Waals surface area contributed by atoms with E-state index in [2.05, 4.69) is 20.9 Å². The molecule has 5 rings (SSSR count). The van der Waals surface area contributed by atoms with Crippen LogP contribution in [0.2, 0.25) is 0 Å². The van der Waals surface area contributed by atoms with E-state index in [-0.39, 0.29) is 36.0 Å². The van der Waals surface area contributed by atoms with Crippen molar-refractivity contribution in [3.8, 4) is 17.3 Å². The van der Waals surface area contributed by atoms with Gasteiger partial charge in [-0.1, -0.05) is 91.0 Å². The van der Waals surface area contributed by atoms with Crippen LogP contribution in [0.1, 0.15) is 22.6 Å². The minimum Gasteiger partial charge on any atom is -0.481 e. The van der Waals surface area contributed by atoms with Gasteiger partial charge in [0.25, 0.3) is 0 Å². The molecule has 2 heterocycles.